The third-order valence-electron chi connectivity index (χ3n) is 4.85. The van der Waals surface area contributed by atoms with Crippen LogP contribution in [0.25, 0.3) is 0 Å². The number of hydrogen-bond donors (Lipinski definition) is 1. The predicted octanol–water partition coefficient (Wildman–Crippen LogP) is 4.01. The monoisotopic (exact) mass is 462 g/mol. The van der Waals surface area contributed by atoms with Crippen LogP contribution in [0.4, 0.5) is 5.69 Å². The van der Waals surface area contributed by atoms with E-state index in [0.717, 1.165) is 6.42 Å². The molecule has 1 unspecified atom stereocenters. The van der Waals surface area contributed by atoms with Crippen LogP contribution in [0.3, 0.4) is 0 Å². The number of hydrogen-bond acceptors (Lipinski definition) is 6. The highest BCUT2D eigenvalue weighted by atomic mass is 35.5. The van der Waals surface area contributed by atoms with Crippen LogP contribution >= 0.6 is 22.9 Å². The molecule has 0 spiro atoms. The minimum Gasteiger partial charge on any atom is -0.320 e. The summed E-state index contributed by atoms with van der Waals surface area (Å²) in [4.78, 5) is 12.6. The first-order valence-electron chi connectivity index (χ1n) is 9.39. The second kappa shape index (κ2) is 8.81. The molecule has 30 heavy (non-hydrogen) atoms. The number of halogens is 1. The van der Waals surface area contributed by atoms with Crippen molar-refractivity contribution in [1.29, 1.82) is 0 Å². The van der Waals surface area contributed by atoms with Crippen molar-refractivity contribution in [2.75, 3.05) is 18.4 Å². The van der Waals surface area contributed by atoms with Gasteiger partial charge in [-0.3, -0.25) is 4.79 Å². The van der Waals surface area contributed by atoms with Gasteiger partial charge in [0.1, 0.15) is 5.01 Å². The fourth-order valence-corrected chi connectivity index (χ4v) is 5.83. The molecule has 1 fully saturated rings. The lowest BCUT2D eigenvalue weighted by Gasteiger charge is -2.30. The number of benzene rings is 2. The number of sulfonamides is 1. The first-order chi connectivity index (χ1) is 14.4. The SMILES string of the molecule is O=C(Nc1ccccc1)c1nnc(C2CCCN(S(=O)(=O)c3ccc(Cl)cc3)C2)s1. The van der Waals surface area contributed by atoms with Crippen molar-refractivity contribution in [1.82, 2.24) is 14.5 Å². The van der Waals surface area contributed by atoms with Gasteiger partial charge in [-0.2, -0.15) is 4.31 Å². The van der Waals surface area contributed by atoms with Gasteiger partial charge in [-0.05, 0) is 49.2 Å². The number of piperidine rings is 1. The summed E-state index contributed by atoms with van der Waals surface area (Å²) in [7, 11) is -3.62. The third kappa shape index (κ3) is 4.54. The fraction of sp³-hybridized carbons (Fsp3) is 0.250. The molecule has 4 rings (SSSR count). The van der Waals surface area contributed by atoms with E-state index in [-0.39, 0.29) is 21.7 Å². The Morgan fingerprint density at radius 3 is 2.57 bits per heavy atom. The number of carbonyl (C=O) groups is 1. The zero-order valence-electron chi connectivity index (χ0n) is 15.9. The highest BCUT2D eigenvalue weighted by molar-refractivity contribution is 7.89. The van der Waals surface area contributed by atoms with Crippen LogP contribution < -0.4 is 5.32 Å². The van der Waals surface area contributed by atoms with Gasteiger partial charge in [0.25, 0.3) is 5.91 Å². The van der Waals surface area contributed by atoms with E-state index in [2.05, 4.69) is 15.5 Å². The zero-order chi connectivity index (χ0) is 21.1. The normalized spacial score (nSPS) is 17.6. The summed E-state index contributed by atoms with van der Waals surface area (Å²) in [6.45, 7) is 0.751. The minimum atomic E-state index is -3.62. The lowest BCUT2D eigenvalue weighted by atomic mass is 10.0. The van der Waals surface area contributed by atoms with Crippen molar-refractivity contribution >= 4 is 44.6 Å². The van der Waals surface area contributed by atoms with E-state index in [1.165, 1.54) is 27.8 Å². The van der Waals surface area contributed by atoms with Crippen LogP contribution in [0.15, 0.2) is 59.5 Å². The minimum absolute atomic E-state index is 0.100. The number of nitrogens with zero attached hydrogens (tertiary/aromatic N) is 3. The van der Waals surface area contributed by atoms with Crippen molar-refractivity contribution in [3.05, 3.63) is 69.6 Å². The Morgan fingerprint density at radius 2 is 1.83 bits per heavy atom. The molecule has 1 saturated heterocycles. The number of carbonyl (C=O) groups excluding carboxylic acids is 1. The maximum atomic E-state index is 13.0. The van der Waals surface area contributed by atoms with Crippen molar-refractivity contribution in [2.45, 2.75) is 23.7 Å². The molecule has 0 radical (unpaired) electrons. The summed E-state index contributed by atoms with van der Waals surface area (Å²) in [6, 6.07) is 15.3. The van der Waals surface area contributed by atoms with Crippen LogP contribution in [0.1, 0.15) is 33.6 Å². The Hall–Kier alpha value is -2.33. The summed E-state index contributed by atoms with van der Waals surface area (Å²) < 4.78 is 27.4. The molecule has 0 saturated carbocycles. The van der Waals surface area contributed by atoms with Crippen LogP contribution in [0.5, 0.6) is 0 Å². The Morgan fingerprint density at radius 1 is 1.10 bits per heavy atom. The molecular weight excluding hydrogens is 444 g/mol. The maximum absolute atomic E-state index is 13.0. The molecule has 10 heteroatoms. The molecule has 156 valence electrons. The quantitative estimate of drug-likeness (QED) is 0.618. The summed E-state index contributed by atoms with van der Waals surface area (Å²) in [5.41, 5.74) is 0.678. The maximum Gasteiger partial charge on any atom is 0.286 e. The highest BCUT2D eigenvalue weighted by Gasteiger charge is 2.32. The van der Waals surface area contributed by atoms with Crippen LogP contribution in [-0.2, 0) is 10.0 Å². The lowest BCUT2D eigenvalue weighted by Crippen LogP contribution is -2.39. The first kappa shape index (κ1) is 20.9. The second-order valence-corrected chi connectivity index (χ2v) is 10.3. The van der Waals surface area contributed by atoms with Crippen LogP contribution in [-0.4, -0.2) is 41.9 Å². The second-order valence-electron chi connectivity index (χ2n) is 6.92. The van der Waals surface area contributed by atoms with Crippen molar-refractivity contribution in [3.63, 3.8) is 0 Å². The van der Waals surface area contributed by atoms with Gasteiger partial charge in [0.2, 0.25) is 15.0 Å². The molecule has 1 atom stereocenters. The molecular formula is C20H19ClN4O3S2. The zero-order valence-corrected chi connectivity index (χ0v) is 18.3. The van der Waals surface area contributed by atoms with Gasteiger partial charge in [0, 0.05) is 29.7 Å². The average Bonchev–Trinajstić information content (AvgIpc) is 3.25. The smallest absolute Gasteiger partial charge is 0.286 e. The topological polar surface area (TPSA) is 92.3 Å². The molecule has 1 N–H and O–H groups in total. The van der Waals surface area contributed by atoms with Gasteiger partial charge in [0.15, 0.2) is 0 Å². The van der Waals surface area contributed by atoms with E-state index in [1.807, 2.05) is 18.2 Å². The van der Waals surface area contributed by atoms with Gasteiger partial charge in [-0.1, -0.05) is 41.1 Å². The van der Waals surface area contributed by atoms with E-state index in [9.17, 15) is 13.2 Å². The average molecular weight is 463 g/mol. The van der Waals surface area contributed by atoms with Crippen molar-refractivity contribution in [3.8, 4) is 0 Å². The van der Waals surface area contributed by atoms with Gasteiger partial charge < -0.3 is 5.32 Å². The number of rotatable bonds is 5. The molecule has 1 aliphatic heterocycles. The predicted molar refractivity (Wildman–Crippen MR) is 116 cm³/mol. The Bertz CT molecular complexity index is 1130. The van der Waals surface area contributed by atoms with Gasteiger partial charge in [0.05, 0.1) is 4.90 Å². The Labute approximate surface area is 183 Å². The molecule has 7 nitrogen and oxygen atoms in total. The number of aromatic nitrogens is 2. The van der Waals surface area contributed by atoms with Gasteiger partial charge in [-0.15, -0.1) is 10.2 Å². The Kier molecular flexibility index (Phi) is 6.14. The van der Waals surface area contributed by atoms with E-state index in [4.69, 9.17) is 11.6 Å². The summed E-state index contributed by atoms with van der Waals surface area (Å²) in [5.74, 6) is -0.428. The number of para-hydroxylation sites is 1. The van der Waals surface area contributed by atoms with Crippen molar-refractivity contribution < 1.29 is 13.2 Å². The van der Waals surface area contributed by atoms with Crippen LogP contribution in [0, 0.1) is 0 Å². The molecule has 1 aromatic heterocycles. The largest absolute Gasteiger partial charge is 0.320 e. The lowest BCUT2D eigenvalue weighted by molar-refractivity contribution is 0.102. The van der Waals surface area contributed by atoms with E-state index in [0.29, 0.717) is 35.2 Å². The highest BCUT2D eigenvalue weighted by Crippen LogP contribution is 2.32. The molecule has 2 aromatic carbocycles. The van der Waals surface area contributed by atoms with E-state index >= 15 is 0 Å². The summed E-state index contributed by atoms with van der Waals surface area (Å²) in [5, 5.41) is 12.4. The van der Waals surface area contributed by atoms with Crippen molar-refractivity contribution in [2.24, 2.45) is 0 Å². The van der Waals surface area contributed by atoms with Gasteiger partial charge in [-0.25, -0.2) is 8.42 Å². The third-order valence-corrected chi connectivity index (χ3v) is 8.07. The molecule has 3 aromatic rings. The molecule has 0 bridgehead atoms. The fourth-order valence-electron chi connectivity index (χ4n) is 3.32. The molecule has 0 aliphatic carbocycles. The van der Waals surface area contributed by atoms with Crippen LogP contribution in [0.2, 0.25) is 5.02 Å². The van der Waals surface area contributed by atoms with E-state index in [1.54, 1.807) is 24.3 Å². The molecule has 1 aliphatic rings. The first-order valence-corrected chi connectivity index (χ1v) is 12.0. The van der Waals surface area contributed by atoms with Gasteiger partial charge >= 0.3 is 0 Å². The molecule has 2 heterocycles. The standard InChI is InChI=1S/C20H19ClN4O3S2/c21-15-8-10-17(11-9-15)30(27,28)25-12-4-5-14(13-25)19-23-24-20(29-19)18(26)22-16-6-2-1-3-7-16/h1-3,6-11,14H,4-5,12-13H2,(H,22,26). The molecule has 1 amide bonds. The number of nitrogens with one attached hydrogen (secondary N) is 1. The Balaban J connectivity index is 1.47. The number of amides is 1. The van der Waals surface area contributed by atoms with E-state index < -0.39 is 10.0 Å². The number of anilines is 1. The summed E-state index contributed by atoms with van der Waals surface area (Å²) >= 11 is 7.08. The summed E-state index contributed by atoms with van der Waals surface area (Å²) in [6.07, 6.45) is 1.50.